The molecule has 4 aromatic rings. The topological polar surface area (TPSA) is 76.9 Å². The van der Waals surface area contributed by atoms with Crippen LogP contribution >= 0.6 is 34.3 Å². The molecule has 0 aliphatic heterocycles. The smallest absolute Gasteiger partial charge is 0.262 e. The standard InChI is InChI=1S/C21H19ClN4O2S2/c1-11-12(2)29-19-17(11)20(28)26(10-23-19)9-8-16(27)24-21-25-18(13(3)30-21)14-4-6-15(22)7-5-14/h4-7,10H,8-9H2,1-3H3,(H,24,25,27). The number of aryl methyl sites for hydroxylation is 4. The molecule has 1 amide bonds. The number of hydrogen-bond donors (Lipinski definition) is 1. The van der Waals surface area contributed by atoms with Crippen molar-refractivity contribution in [2.24, 2.45) is 0 Å². The van der Waals surface area contributed by atoms with Gasteiger partial charge in [-0.2, -0.15) is 0 Å². The predicted octanol–water partition coefficient (Wildman–Crippen LogP) is 5.19. The molecule has 3 aromatic heterocycles. The number of benzene rings is 1. The zero-order chi connectivity index (χ0) is 21.4. The van der Waals surface area contributed by atoms with E-state index in [1.54, 1.807) is 0 Å². The fourth-order valence-electron chi connectivity index (χ4n) is 3.16. The SMILES string of the molecule is Cc1sc(NC(=O)CCn2cnc3sc(C)c(C)c3c2=O)nc1-c1ccc(Cl)cc1. The number of thiazole rings is 1. The summed E-state index contributed by atoms with van der Waals surface area (Å²) in [6.45, 7) is 6.13. The Bertz CT molecular complexity index is 1310. The highest BCUT2D eigenvalue weighted by molar-refractivity contribution is 7.18. The van der Waals surface area contributed by atoms with Gasteiger partial charge in [0.2, 0.25) is 5.91 Å². The Kier molecular flexibility index (Phi) is 5.73. The molecule has 0 saturated carbocycles. The van der Waals surface area contributed by atoms with Crippen molar-refractivity contribution in [1.82, 2.24) is 14.5 Å². The van der Waals surface area contributed by atoms with E-state index in [0.29, 0.717) is 15.5 Å². The zero-order valence-electron chi connectivity index (χ0n) is 16.7. The Morgan fingerprint density at radius 3 is 2.60 bits per heavy atom. The molecule has 1 N–H and O–H groups in total. The number of halogens is 1. The lowest BCUT2D eigenvalue weighted by atomic mass is 10.1. The molecule has 4 rings (SSSR count). The molecule has 0 aliphatic carbocycles. The van der Waals surface area contributed by atoms with Gasteiger partial charge in [-0.1, -0.05) is 23.7 Å². The van der Waals surface area contributed by atoms with E-state index in [4.69, 9.17) is 11.6 Å². The summed E-state index contributed by atoms with van der Waals surface area (Å²) in [4.78, 5) is 36.9. The Balaban J connectivity index is 1.46. The van der Waals surface area contributed by atoms with Gasteiger partial charge >= 0.3 is 0 Å². The van der Waals surface area contributed by atoms with Crippen molar-refractivity contribution in [2.75, 3.05) is 5.32 Å². The largest absolute Gasteiger partial charge is 0.302 e. The summed E-state index contributed by atoms with van der Waals surface area (Å²) in [5.41, 5.74) is 2.62. The highest BCUT2D eigenvalue weighted by Crippen LogP contribution is 2.31. The van der Waals surface area contributed by atoms with Gasteiger partial charge in [-0.25, -0.2) is 9.97 Å². The first-order valence-electron chi connectivity index (χ1n) is 9.32. The van der Waals surface area contributed by atoms with Crippen LogP contribution in [0.25, 0.3) is 21.5 Å². The molecule has 154 valence electrons. The number of rotatable bonds is 5. The first kappa shape index (κ1) is 20.7. The molecule has 3 heterocycles. The van der Waals surface area contributed by atoms with E-state index < -0.39 is 0 Å². The summed E-state index contributed by atoms with van der Waals surface area (Å²) in [7, 11) is 0. The van der Waals surface area contributed by atoms with Crippen molar-refractivity contribution in [1.29, 1.82) is 0 Å². The van der Waals surface area contributed by atoms with Crippen molar-refractivity contribution >= 4 is 55.5 Å². The highest BCUT2D eigenvalue weighted by atomic mass is 35.5. The van der Waals surface area contributed by atoms with Gasteiger partial charge in [0, 0.05) is 33.3 Å². The second kappa shape index (κ2) is 8.29. The van der Waals surface area contributed by atoms with E-state index in [0.717, 1.165) is 31.4 Å². The number of nitrogens with one attached hydrogen (secondary N) is 1. The van der Waals surface area contributed by atoms with Crippen molar-refractivity contribution < 1.29 is 4.79 Å². The lowest BCUT2D eigenvalue weighted by molar-refractivity contribution is -0.116. The molecular formula is C21H19ClN4O2S2. The van der Waals surface area contributed by atoms with Gasteiger partial charge in [-0.3, -0.25) is 14.2 Å². The number of nitrogens with zero attached hydrogens (tertiary/aromatic N) is 3. The maximum absolute atomic E-state index is 12.7. The minimum atomic E-state index is -0.198. The molecule has 0 unspecified atom stereocenters. The Morgan fingerprint density at radius 2 is 1.87 bits per heavy atom. The van der Waals surface area contributed by atoms with Gasteiger partial charge in [0.05, 0.1) is 17.4 Å². The molecule has 0 atom stereocenters. The summed E-state index contributed by atoms with van der Waals surface area (Å²) in [6.07, 6.45) is 1.67. The molecule has 0 aliphatic rings. The van der Waals surface area contributed by atoms with Gasteiger partial charge in [0.1, 0.15) is 4.83 Å². The fraction of sp³-hybridized carbons (Fsp3) is 0.238. The number of fused-ring (bicyclic) bond motifs is 1. The second-order valence-corrected chi connectivity index (χ2v) is 9.78. The monoisotopic (exact) mass is 458 g/mol. The Morgan fingerprint density at radius 1 is 1.13 bits per heavy atom. The molecule has 0 fully saturated rings. The van der Waals surface area contributed by atoms with Crippen LogP contribution in [0.5, 0.6) is 0 Å². The van der Waals surface area contributed by atoms with Crippen LogP contribution in [-0.4, -0.2) is 20.4 Å². The predicted molar refractivity (Wildman–Crippen MR) is 124 cm³/mol. The Hall–Kier alpha value is -2.55. The van der Waals surface area contributed by atoms with Gasteiger partial charge in [-0.05, 0) is 38.5 Å². The molecule has 9 heteroatoms. The first-order valence-corrected chi connectivity index (χ1v) is 11.3. The van der Waals surface area contributed by atoms with Crippen molar-refractivity contribution in [3.63, 3.8) is 0 Å². The lowest BCUT2D eigenvalue weighted by Gasteiger charge is -2.05. The minimum Gasteiger partial charge on any atom is -0.302 e. The maximum Gasteiger partial charge on any atom is 0.262 e. The average Bonchev–Trinajstić information content (AvgIpc) is 3.21. The summed E-state index contributed by atoms with van der Waals surface area (Å²) >= 11 is 8.88. The number of aromatic nitrogens is 3. The summed E-state index contributed by atoms with van der Waals surface area (Å²) in [5, 5.41) is 4.68. The fourth-order valence-corrected chi connectivity index (χ4v) is 5.12. The van der Waals surface area contributed by atoms with Crippen molar-refractivity contribution in [3.05, 3.63) is 61.3 Å². The highest BCUT2D eigenvalue weighted by Gasteiger charge is 2.15. The van der Waals surface area contributed by atoms with Gasteiger partial charge in [0.15, 0.2) is 5.13 Å². The van der Waals surface area contributed by atoms with E-state index in [1.165, 1.54) is 33.6 Å². The molecular weight excluding hydrogens is 440 g/mol. The van der Waals surface area contributed by atoms with Crippen LogP contribution in [0.4, 0.5) is 5.13 Å². The minimum absolute atomic E-state index is 0.107. The third-order valence-electron chi connectivity index (χ3n) is 4.90. The maximum atomic E-state index is 12.7. The van der Waals surface area contributed by atoms with Crippen molar-refractivity contribution in [3.8, 4) is 11.3 Å². The van der Waals surface area contributed by atoms with E-state index >= 15 is 0 Å². The second-order valence-electron chi connectivity index (χ2n) is 6.94. The zero-order valence-corrected chi connectivity index (χ0v) is 19.0. The van der Waals surface area contributed by atoms with E-state index in [-0.39, 0.29) is 24.4 Å². The van der Waals surface area contributed by atoms with E-state index in [1.807, 2.05) is 45.0 Å². The van der Waals surface area contributed by atoms with Crippen LogP contribution in [-0.2, 0) is 11.3 Å². The molecule has 0 spiro atoms. The summed E-state index contributed by atoms with van der Waals surface area (Å²) < 4.78 is 1.49. The average molecular weight is 459 g/mol. The molecule has 0 radical (unpaired) electrons. The number of thiophene rings is 1. The normalized spacial score (nSPS) is 11.2. The van der Waals surface area contributed by atoms with Gasteiger partial charge in [-0.15, -0.1) is 22.7 Å². The molecule has 0 saturated heterocycles. The quantitative estimate of drug-likeness (QED) is 0.446. The van der Waals surface area contributed by atoms with Crippen LogP contribution < -0.4 is 10.9 Å². The lowest BCUT2D eigenvalue weighted by Crippen LogP contribution is -2.23. The number of anilines is 1. The van der Waals surface area contributed by atoms with Crippen LogP contribution in [0.15, 0.2) is 35.4 Å². The number of carbonyl (C=O) groups is 1. The van der Waals surface area contributed by atoms with Crippen LogP contribution in [0.3, 0.4) is 0 Å². The van der Waals surface area contributed by atoms with Crippen LogP contribution in [0.2, 0.25) is 5.02 Å². The third-order valence-corrected chi connectivity index (χ3v) is 7.15. The van der Waals surface area contributed by atoms with E-state index in [9.17, 15) is 9.59 Å². The molecule has 0 bridgehead atoms. The number of hydrogen-bond acceptors (Lipinski definition) is 6. The van der Waals surface area contributed by atoms with Crippen LogP contribution in [0, 0.1) is 20.8 Å². The summed E-state index contributed by atoms with van der Waals surface area (Å²) in [6, 6.07) is 7.43. The van der Waals surface area contributed by atoms with Crippen LogP contribution in [0.1, 0.15) is 21.7 Å². The number of carbonyl (C=O) groups excluding carboxylic acids is 1. The van der Waals surface area contributed by atoms with Crippen molar-refractivity contribution in [2.45, 2.75) is 33.7 Å². The van der Waals surface area contributed by atoms with Gasteiger partial charge < -0.3 is 5.32 Å². The molecule has 1 aromatic carbocycles. The molecule has 6 nitrogen and oxygen atoms in total. The summed E-state index contributed by atoms with van der Waals surface area (Å²) in [5.74, 6) is -0.198. The first-order chi connectivity index (χ1) is 14.3. The Labute approximate surface area is 186 Å². The van der Waals surface area contributed by atoms with E-state index in [2.05, 4.69) is 15.3 Å². The third kappa shape index (κ3) is 4.03. The molecule has 30 heavy (non-hydrogen) atoms. The van der Waals surface area contributed by atoms with Gasteiger partial charge in [0.25, 0.3) is 5.56 Å². The number of amides is 1.